The average molecular weight is 148 g/mol. The zero-order valence-electron chi connectivity index (χ0n) is 6.15. The Bertz CT molecular complexity index is 83.3. The van der Waals surface area contributed by atoms with Crippen molar-refractivity contribution in [3.63, 3.8) is 0 Å². The molecule has 0 atom stereocenters. The molecule has 1 rings (SSSR count). The lowest BCUT2D eigenvalue weighted by atomic mass is 10.0. The van der Waals surface area contributed by atoms with Gasteiger partial charge in [0.25, 0.3) is 0 Å². The molecular weight excluding hydrogens is 134 g/mol. The van der Waals surface area contributed by atoms with Crippen molar-refractivity contribution in [1.82, 2.24) is 0 Å². The lowest BCUT2D eigenvalue weighted by molar-refractivity contribution is 0.0688. The highest BCUT2D eigenvalue weighted by Gasteiger charge is 2.20. The van der Waals surface area contributed by atoms with Crippen LogP contribution in [0.3, 0.4) is 0 Å². The molecule has 10 heavy (non-hydrogen) atoms. The molecule has 0 heterocycles. The van der Waals surface area contributed by atoms with E-state index in [1.54, 1.807) is 0 Å². The van der Waals surface area contributed by atoms with Crippen LogP contribution >= 0.6 is 0 Å². The van der Waals surface area contributed by atoms with Gasteiger partial charge in [0, 0.05) is 5.92 Å². The molecule has 2 heteroatoms. The molecular formula is C8H14F2. The van der Waals surface area contributed by atoms with Gasteiger partial charge in [-0.05, 0) is 12.8 Å². The molecule has 1 saturated carbocycles. The molecule has 0 aromatic heterocycles. The fourth-order valence-corrected chi connectivity index (χ4v) is 1.56. The van der Waals surface area contributed by atoms with Crippen molar-refractivity contribution >= 4 is 0 Å². The summed E-state index contributed by atoms with van der Waals surface area (Å²) < 4.78 is 24.2. The standard InChI is InChI=1S/C8H14F2/c9-8(10)7-5-3-1-2-4-6-7/h7-8H,1-6H2. The van der Waals surface area contributed by atoms with Gasteiger partial charge >= 0.3 is 0 Å². The van der Waals surface area contributed by atoms with Gasteiger partial charge < -0.3 is 0 Å². The predicted octanol–water partition coefficient (Wildman–Crippen LogP) is 3.22. The molecule has 1 aliphatic rings. The first-order valence-corrected chi connectivity index (χ1v) is 4.09. The summed E-state index contributed by atoms with van der Waals surface area (Å²) in [6.07, 6.45) is 3.75. The highest BCUT2D eigenvalue weighted by atomic mass is 19.3. The summed E-state index contributed by atoms with van der Waals surface area (Å²) in [6.45, 7) is 0. The van der Waals surface area contributed by atoms with E-state index in [9.17, 15) is 8.78 Å². The Balaban J connectivity index is 2.28. The van der Waals surface area contributed by atoms with E-state index in [-0.39, 0.29) is 5.92 Å². The smallest absolute Gasteiger partial charge is 0.210 e. The summed E-state index contributed by atoms with van der Waals surface area (Å²) in [4.78, 5) is 0. The van der Waals surface area contributed by atoms with Crippen LogP contribution in [0.15, 0.2) is 0 Å². The molecule has 1 aliphatic carbocycles. The third-order valence-corrected chi connectivity index (χ3v) is 2.26. The van der Waals surface area contributed by atoms with Gasteiger partial charge in [0.2, 0.25) is 6.43 Å². The molecule has 0 aromatic rings. The maximum absolute atomic E-state index is 12.1. The molecule has 1 fully saturated rings. The van der Waals surface area contributed by atoms with E-state index in [2.05, 4.69) is 0 Å². The van der Waals surface area contributed by atoms with Crippen LogP contribution in [0.5, 0.6) is 0 Å². The Morgan fingerprint density at radius 2 is 1.40 bits per heavy atom. The molecule has 0 aromatic carbocycles. The van der Waals surface area contributed by atoms with Crippen LogP contribution in [0, 0.1) is 5.92 Å². The minimum Gasteiger partial charge on any atom is -0.210 e. The first-order chi connectivity index (χ1) is 4.80. The molecule has 0 radical (unpaired) electrons. The second kappa shape index (κ2) is 3.89. The second-order valence-corrected chi connectivity index (χ2v) is 3.09. The van der Waals surface area contributed by atoms with E-state index in [4.69, 9.17) is 0 Å². The monoisotopic (exact) mass is 148 g/mol. The van der Waals surface area contributed by atoms with Gasteiger partial charge in [-0.2, -0.15) is 0 Å². The lowest BCUT2D eigenvalue weighted by Gasteiger charge is -2.10. The van der Waals surface area contributed by atoms with Crippen molar-refractivity contribution in [3.8, 4) is 0 Å². The fourth-order valence-electron chi connectivity index (χ4n) is 1.56. The van der Waals surface area contributed by atoms with Crippen molar-refractivity contribution in [3.05, 3.63) is 0 Å². The number of halogens is 2. The lowest BCUT2D eigenvalue weighted by Crippen LogP contribution is -2.09. The number of alkyl halides is 2. The van der Waals surface area contributed by atoms with Crippen LogP contribution in [0.4, 0.5) is 8.78 Å². The summed E-state index contributed by atoms with van der Waals surface area (Å²) in [7, 11) is 0. The van der Waals surface area contributed by atoms with Gasteiger partial charge in [-0.25, -0.2) is 8.78 Å². The quantitative estimate of drug-likeness (QED) is 0.501. The molecule has 0 N–H and O–H groups in total. The van der Waals surface area contributed by atoms with Crippen molar-refractivity contribution in [2.45, 2.75) is 45.0 Å². The molecule has 0 spiro atoms. The van der Waals surface area contributed by atoms with Crippen LogP contribution in [0.2, 0.25) is 0 Å². The third kappa shape index (κ3) is 2.24. The van der Waals surface area contributed by atoms with Gasteiger partial charge in [0.1, 0.15) is 0 Å². The highest BCUT2D eigenvalue weighted by Crippen LogP contribution is 2.27. The molecule has 0 unspecified atom stereocenters. The van der Waals surface area contributed by atoms with Crippen molar-refractivity contribution in [1.29, 1.82) is 0 Å². The summed E-state index contributed by atoms with van der Waals surface area (Å²) in [5, 5.41) is 0. The van der Waals surface area contributed by atoms with E-state index < -0.39 is 6.43 Å². The summed E-state index contributed by atoms with van der Waals surface area (Å²) in [5.74, 6) is -0.289. The summed E-state index contributed by atoms with van der Waals surface area (Å²) in [5.41, 5.74) is 0. The Labute approximate surface area is 60.6 Å². The zero-order chi connectivity index (χ0) is 7.40. The first kappa shape index (κ1) is 7.96. The number of rotatable bonds is 1. The number of hydrogen-bond acceptors (Lipinski definition) is 0. The zero-order valence-corrected chi connectivity index (χ0v) is 6.15. The van der Waals surface area contributed by atoms with Gasteiger partial charge in [0.15, 0.2) is 0 Å². The van der Waals surface area contributed by atoms with Crippen LogP contribution in [0.1, 0.15) is 38.5 Å². The second-order valence-electron chi connectivity index (χ2n) is 3.09. The van der Waals surface area contributed by atoms with Crippen LogP contribution in [-0.4, -0.2) is 6.43 Å². The molecule has 0 amide bonds. The molecule has 0 bridgehead atoms. The first-order valence-electron chi connectivity index (χ1n) is 4.09. The van der Waals surface area contributed by atoms with Crippen LogP contribution < -0.4 is 0 Å². The van der Waals surface area contributed by atoms with Crippen molar-refractivity contribution in [2.75, 3.05) is 0 Å². The van der Waals surface area contributed by atoms with E-state index >= 15 is 0 Å². The highest BCUT2D eigenvalue weighted by molar-refractivity contribution is 4.65. The molecule has 60 valence electrons. The minimum atomic E-state index is -2.07. The Morgan fingerprint density at radius 3 is 1.80 bits per heavy atom. The van der Waals surface area contributed by atoms with Gasteiger partial charge in [-0.15, -0.1) is 0 Å². The van der Waals surface area contributed by atoms with E-state index in [1.807, 2.05) is 0 Å². The normalized spacial score (nSPS) is 23.1. The van der Waals surface area contributed by atoms with Crippen molar-refractivity contribution < 1.29 is 8.78 Å². The van der Waals surface area contributed by atoms with Crippen LogP contribution in [0.25, 0.3) is 0 Å². The Kier molecular flexibility index (Phi) is 3.10. The predicted molar refractivity (Wildman–Crippen MR) is 37.2 cm³/mol. The Morgan fingerprint density at radius 1 is 0.900 bits per heavy atom. The SMILES string of the molecule is FC(F)C1CCCCCC1. The van der Waals surface area contributed by atoms with E-state index in [0.717, 1.165) is 38.5 Å². The fraction of sp³-hybridized carbons (Fsp3) is 1.00. The van der Waals surface area contributed by atoms with E-state index in [0.29, 0.717) is 0 Å². The average Bonchev–Trinajstić information content (AvgIpc) is 2.12. The number of hydrogen-bond donors (Lipinski definition) is 0. The third-order valence-electron chi connectivity index (χ3n) is 2.26. The maximum atomic E-state index is 12.1. The molecule has 0 aliphatic heterocycles. The Hall–Kier alpha value is -0.140. The molecule has 0 nitrogen and oxygen atoms in total. The van der Waals surface area contributed by atoms with Gasteiger partial charge in [-0.1, -0.05) is 25.7 Å². The summed E-state index contributed by atoms with van der Waals surface area (Å²) >= 11 is 0. The largest absolute Gasteiger partial charge is 0.241 e. The van der Waals surface area contributed by atoms with Crippen molar-refractivity contribution in [2.24, 2.45) is 5.92 Å². The van der Waals surface area contributed by atoms with E-state index in [1.165, 1.54) is 0 Å². The molecule has 0 saturated heterocycles. The van der Waals surface area contributed by atoms with Crippen LogP contribution in [-0.2, 0) is 0 Å². The maximum Gasteiger partial charge on any atom is 0.241 e. The minimum absolute atomic E-state index is 0.289. The topological polar surface area (TPSA) is 0 Å². The van der Waals surface area contributed by atoms with Gasteiger partial charge in [0.05, 0.1) is 0 Å². The summed E-state index contributed by atoms with van der Waals surface area (Å²) in [6, 6.07) is 0. The van der Waals surface area contributed by atoms with Gasteiger partial charge in [-0.3, -0.25) is 0 Å².